The van der Waals surface area contributed by atoms with Crippen LogP contribution in [0.4, 0.5) is 0 Å². The zero-order valence-electron chi connectivity index (χ0n) is 16.6. The predicted octanol–water partition coefficient (Wildman–Crippen LogP) is 6.42. The molecule has 0 amide bonds. The van der Waals surface area contributed by atoms with Gasteiger partial charge in [-0.05, 0) is 61.5 Å². The molecule has 0 N–H and O–H groups in total. The smallest absolute Gasteiger partial charge is 0.193 e. The molecule has 0 unspecified atom stereocenters. The molecule has 4 aromatic carbocycles. The maximum Gasteiger partial charge on any atom is 0.193 e. The van der Waals surface area contributed by atoms with Crippen LogP contribution in [-0.4, -0.2) is 5.78 Å². The molecule has 2 nitrogen and oxygen atoms in total. The Kier molecular flexibility index (Phi) is 5.73. The molecule has 0 atom stereocenters. The molecular formula is C28H20O2. The lowest BCUT2D eigenvalue weighted by Gasteiger charge is -2.07. The van der Waals surface area contributed by atoms with Crippen LogP contribution in [-0.2, 0) is 0 Å². The van der Waals surface area contributed by atoms with Gasteiger partial charge in [-0.3, -0.25) is 4.79 Å². The number of aryl methyl sites for hydroxylation is 1. The molecule has 144 valence electrons. The van der Waals surface area contributed by atoms with E-state index in [1.807, 2.05) is 97.9 Å². The summed E-state index contributed by atoms with van der Waals surface area (Å²) in [6.45, 7) is 2.00. The molecule has 30 heavy (non-hydrogen) atoms. The van der Waals surface area contributed by atoms with Gasteiger partial charge in [0.25, 0.3) is 0 Å². The van der Waals surface area contributed by atoms with E-state index in [9.17, 15) is 4.79 Å². The summed E-state index contributed by atoms with van der Waals surface area (Å²) in [6, 6.07) is 32.3. The van der Waals surface area contributed by atoms with Crippen molar-refractivity contribution in [3.8, 4) is 23.3 Å². The molecule has 0 aliphatic heterocycles. The fourth-order valence-electron chi connectivity index (χ4n) is 2.99. The Bertz CT molecular complexity index is 1210. The van der Waals surface area contributed by atoms with Crippen LogP contribution in [0.1, 0.15) is 32.6 Å². The van der Waals surface area contributed by atoms with Crippen molar-refractivity contribution in [3.63, 3.8) is 0 Å². The van der Waals surface area contributed by atoms with Gasteiger partial charge in [0, 0.05) is 22.3 Å². The van der Waals surface area contributed by atoms with Gasteiger partial charge in [0.15, 0.2) is 5.78 Å². The molecule has 0 heterocycles. The average molecular weight is 388 g/mol. The summed E-state index contributed by atoms with van der Waals surface area (Å²) >= 11 is 0. The molecule has 0 aliphatic carbocycles. The molecule has 4 aromatic rings. The van der Waals surface area contributed by atoms with Crippen molar-refractivity contribution in [2.45, 2.75) is 6.92 Å². The van der Waals surface area contributed by atoms with Crippen molar-refractivity contribution in [1.29, 1.82) is 0 Å². The highest BCUT2D eigenvalue weighted by atomic mass is 16.5. The molecule has 0 fully saturated rings. The van der Waals surface area contributed by atoms with Gasteiger partial charge in [0.1, 0.15) is 11.5 Å². The molecule has 0 saturated heterocycles. The van der Waals surface area contributed by atoms with Crippen LogP contribution in [0.3, 0.4) is 0 Å². The molecule has 0 aromatic heterocycles. The van der Waals surface area contributed by atoms with Gasteiger partial charge in [-0.2, -0.15) is 0 Å². The van der Waals surface area contributed by atoms with Crippen LogP contribution < -0.4 is 4.74 Å². The molecule has 2 heteroatoms. The summed E-state index contributed by atoms with van der Waals surface area (Å²) in [6.07, 6.45) is 0. The second kappa shape index (κ2) is 8.94. The Morgan fingerprint density at radius 3 is 1.93 bits per heavy atom. The van der Waals surface area contributed by atoms with Crippen molar-refractivity contribution in [2.75, 3.05) is 0 Å². The van der Waals surface area contributed by atoms with Crippen LogP contribution in [0.15, 0.2) is 103 Å². The first-order valence-electron chi connectivity index (χ1n) is 9.74. The lowest BCUT2D eigenvalue weighted by molar-refractivity contribution is 0.103. The van der Waals surface area contributed by atoms with Gasteiger partial charge in [-0.25, -0.2) is 0 Å². The normalized spacial score (nSPS) is 10.0. The third-order valence-corrected chi connectivity index (χ3v) is 4.62. The fraction of sp³-hybridized carbons (Fsp3) is 0.0357. The molecule has 0 saturated carbocycles. The molecule has 4 rings (SSSR count). The van der Waals surface area contributed by atoms with E-state index in [1.54, 1.807) is 12.1 Å². The van der Waals surface area contributed by atoms with Crippen LogP contribution in [0.5, 0.6) is 11.5 Å². The van der Waals surface area contributed by atoms with Crippen molar-refractivity contribution >= 4 is 5.78 Å². The van der Waals surface area contributed by atoms with Crippen molar-refractivity contribution in [2.24, 2.45) is 0 Å². The summed E-state index contributed by atoms with van der Waals surface area (Å²) in [5, 5.41) is 0. The van der Waals surface area contributed by atoms with Gasteiger partial charge in [-0.15, -0.1) is 0 Å². The Balaban J connectivity index is 1.46. The molecule has 0 radical (unpaired) electrons. The zero-order valence-corrected chi connectivity index (χ0v) is 16.6. The van der Waals surface area contributed by atoms with Crippen LogP contribution in [0.2, 0.25) is 0 Å². The van der Waals surface area contributed by atoms with E-state index in [0.717, 1.165) is 16.7 Å². The number of rotatable bonds is 4. The zero-order chi connectivity index (χ0) is 20.8. The van der Waals surface area contributed by atoms with Crippen molar-refractivity contribution < 1.29 is 9.53 Å². The minimum atomic E-state index is -0.000247. The topological polar surface area (TPSA) is 26.3 Å². The molecule has 0 aliphatic rings. The summed E-state index contributed by atoms with van der Waals surface area (Å²) in [7, 11) is 0. The summed E-state index contributed by atoms with van der Waals surface area (Å²) in [5.74, 6) is 7.68. The molecule has 0 spiro atoms. The minimum absolute atomic E-state index is 0.000247. The van der Waals surface area contributed by atoms with E-state index in [0.29, 0.717) is 22.6 Å². The SMILES string of the molecule is Cc1ccc(C(=O)c2ccc(Oc3cccc(C#Cc4ccccc4)c3)cc2)cc1. The van der Waals surface area contributed by atoms with Crippen LogP contribution in [0.25, 0.3) is 0 Å². The minimum Gasteiger partial charge on any atom is -0.457 e. The van der Waals surface area contributed by atoms with E-state index in [1.165, 1.54) is 0 Å². The number of carbonyl (C=O) groups excluding carboxylic acids is 1. The van der Waals surface area contributed by atoms with E-state index in [-0.39, 0.29) is 5.78 Å². The Labute approximate surface area is 176 Å². The first kappa shape index (κ1) is 19.2. The fourth-order valence-corrected chi connectivity index (χ4v) is 2.99. The van der Waals surface area contributed by atoms with Gasteiger partial charge in [0.05, 0.1) is 0 Å². The highest BCUT2D eigenvalue weighted by Crippen LogP contribution is 2.23. The van der Waals surface area contributed by atoms with Crippen molar-refractivity contribution in [3.05, 3.63) is 131 Å². The van der Waals surface area contributed by atoms with E-state index < -0.39 is 0 Å². The largest absolute Gasteiger partial charge is 0.457 e. The number of hydrogen-bond donors (Lipinski definition) is 0. The van der Waals surface area contributed by atoms with Crippen LogP contribution in [0, 0.1) is 18.8 Å². The maximum atomic E-state index is 12.6. The van der Waals surface area contributed by atoms with Gasteiger partial charge >= 0.3 is 0 Å². The van der Waals surface area contributed by atoms with E-state index in [4.69, 9.17) is 4.74 Å². The third-order valence-electron chi connectivity index (χ3n) is 4.62. The number of hydrogen-bond acceptors (Lipinski definition) is 2. The second-order valence-electron chi connectivity index (χ2n) is 6.97. The predicted molar refractivity (Wildman–Crippen MR) is 120 cm³/mol. The van der Waals surface area contributed by atoms with E-state index in [2.05, 4.69) is 11.8 Å². The number of benzene rings is 4. The van der Waals surface area contributed by atoms with E-state index >= 15 is 0 Å². The lowest BCUT2D eigenvalue weighted by atomic mass is 10.0. The number of carbonyl (C=O) groups is 1. The monoisotopic (exact) mass is 388 g/mol. The highest BCUT2D eigenvalue weighted by Gasteiger charge is 2.09. The Morgan fingerprint density at radius 2 is 1.23 bits per heavy atom. The summed E-state index contributed by atoms with van der Waals surface area (Å²) < 4.78 is 5.95. The lowest BCUT2D eigenvalue weighted by Crippen LogP contribution is -2.00. The Morgan fingerprint density at radius 1 is 0.633 bits per heavy atom. The van der Waals surface area contributed by atoms with Gasteiger partial charge in [0.2, 0.25) is 0 Å². The number of ether oxygens (including phenoxy) is 1. The molecule has 0 bridgehead atoms. The quantitative estimate of drug-likeness (QED) is 0.298. The summed E-state index contributed by atoms with van der Waals surface area (Å²) in [5.41, 5.74) is 4.29. The third kappa shape index (κ3) is 4.84. The number of ketones is 1. The van der Waals surface area contributed by atoms with Gasteiger partial charge in [-0.1, -0.05) is 65.9 Å². The average Bonchev–Trinajstić information content (AvgIpc) is 2.79. The van der Waals surface area contributed by atoms with Crippen molar-refractivity contribution in [1.82, 2.24) is 0 Å². The standard InChI is InChI=1S/C28H20O2/c1-21-10-14-24(15-11-21)28(29)25-16-18-26(19-17-25)30-27-9-5-8-23(20-27)13-12-22-6-3-2-4-7-22/h2-11,14-20H,1H3. The van der Waals surface area contributed by atoms with Crippen LogP contribution >= 0.6 is 0 Å². The summed E-state index contributed by atoms with van der Waals surface area (Å²) in [4.78, 5) is 12.6. The Hall–Kier alpha value is -4.09. The maximum absolute atomic E-state index is 12.6. The molecular weight excluding hydrogens is 368 g/mol. The van der Waals surface area contributed by atoms with Gasteiger partial charge < -0.3 is 4.74 Å². The first-order chi connectivity index (χ1) is 14.7. The second-order valence-corrected chi connectivity index (χ2v) is 6.97. The highest BCUT2D eigenvalue weighted by molar-refractivity contribution is 6.09. The first-order valence-corrected chi connectivity index (χ1v) is 9.74.